The second-order valence-electron chi connectivity index (χ2n) is 13.8. The third-order valence-corrected chi connectivity index (χ3v) is 10.2. The number of thioether (sulfide) groups is 1. The molecule has 3 unspecified atom stereocenters. The maximum absolute atomic E-state index is 14.4. The Labute approximate surface area is 247 Å². The van der Waals surface area contributed by atoms with E-state index in [1.54, 1.807) is 7.11 Å². The predicted molar refractivity (Wildman–Crippen MR) is 156 cm³/mol. The van der Waals surface area contributed by atoms with Crippen molar-refractivity contribution in [1.82, 2.24) is 4.90 Å². The normalized spacial score (nSPS) is 31.9. The summed E-state index contributed by atoms with van der Waals surface area (Å²) in [7, 11) is 1.65. The van der Waals surface area contributed by atoms with Crippen molar-refractivity contribution in [2.75, 3.05) is 27.0 Å². The van der Waals surface area contributed by atoms with Crippen LogP contribution in [0, 0.1) is 0 Å². The molecule has 4 heterocycles. The zero-order valence-electron chi connectivity index (χ0n) is 25.2. The van der Waals surface area contributed by atoms with Crippen LogP contribution in [0.25, 0.3) is 0 Å². The van der Waals surface area contributed by atoms with Crippen LogP contribution in [0.1, 0.15) is 90.2 Å². The van der Waals surface area contributed by atoms with E-state index in [9.17, 15) is 9.59 Å². The van der Waals surface area contributed by atoms with Gasteiger partial charge < -0.3 is 23.7 Å². The van der Waals surface area contributed by atoms with Crippen molar-refractivity contribution in [3.63, 3.8) is 0 Å². The first-order chi connectivity index (χ1) is 19.3. The lowest BCUT2D eigenvalue weighted by Crippen LogP contribution is -2.54. The summed E-state index contributed by atoms with van der Waals surface area (Å²) in [6.07, 6.45) is 6.45. The van der Waals surface area contributed by atoms with E-state index >= 15 is 0 Å². The van der Waals surface area contributed by atoms with Crippen LogP contribution in [0.2, 0.25) is 0 Å². The molecule has 5 aliphatic rings. The highest BCUT2D eigenvalue weighted by Crippen LogP contribution is 2.56. The van der Waals surface area contributed by atoms with Crippen molar-refractivity contribution in [1.29, 1.82) is 0 Å². The molecular formula is C32H43NO7S. The minimum Gasteiger partial charge on any atom is -0.497 e. The molecule has 2 fully saturated rings. The van der Waals surface area contributed by atoms with Crippen LogP contribution >= 0.6 is 11.8 Å². The zero-order chi connectivity index (χ0) is 29.2. The first-order valence-corrected chi connectivity index (χ1v) is 15.7. The molecule has 0 N–H and O–H groups in total. The lowest BCUT2D eigenvalue weighted by Gasteiger charge is -2.44. The molecule has 2 saturated heterocycles. The maximum atomic E-state index is 14.4. The fourth-order valence-electron chi connectivity index (χ4n) is 7.70. The molecule has 9 heteroatoms. The van der Waals surface area contributed by atoms with Gasteiger partial charge in [0, 0.05) is 11.3 Å². The van der Waals surface area contributed by atoms with Gasteiger partial charge in [-0.1, -0.05) is 32.5 Å². The Bertz CT molecular complexity index is 1270. The molecule has 0 bridgehead atoms. The summed E-state index contributed by atoms with van der Waals surface area (Å²) < 4.78 is 30.3. The smallest absolute Gasteiger partial charge is 0.339 e. The van der Waals surface area contributed by atoms with Gasteiger partial charge >= 0.3 is 5.97 Å². The van der Waals surface area contributed by atoms with E-state index in [4.69, 9.17) is 23.7 Å². The van der Waals surface area contributed by atoms with Gasteiger partial charge in [0.05, 0.1) is 30.6 Å². The highest BCUT2D eigenvalue weighted by Gasteiger charge is 2.60. The van der Waals surface area contributed by atoms with Crippen molar-refractivity contribution in [3.8, 4) is 11.5 Å². The number of hydrogen-bond donors (Lipinski definition) is 0. The monoisotopic (exact) mass is 585 g/mol. The molecular weight excluding hydrogens is 542 g/mol. The molecule has 1 aromatic carbocycles. The largest absolute Gasteiger partial charge is 0.497 e. The van der Waals surface area contributed by atoms with E-state index in [0.717, 1.165) is 62.3 Å². The minimum atomic E-state index is -1.34. The van der Waals surface area contributed by atoms with Gasteiger partial charge in [0.1, 0.15) is 5.76 Å². The number of carbonyl (C=O) groups excluding carboxylic acids is 2. The number of methoxy groups -OCH3 is 1. The van der Waals surface area contributed by atoms with E-state index in [0.29, 0.717) is 12.2 Å². The molecule has 0 aromatic heterocycles. The number of nitrogens with zero attached hydrogens (tertiary/aromatic N) is 1. The molecule has 4 atom stereocenters. The van der Waals surface area contributed by atoms with E-state index in [-0.39, 0.29) is 34.5 Å². The molecule has 8 nitrogen and oxygen atoms in total. The average molecular weight is 586 g/mol. The SMILES string of the molecule is COC1=CC23CCCN2CCc2cc4c(cc2C3C1OC(=O)[C@@]1(CC(=O)SC(C)(C)C)CCCC(C)(C)O1)OCO4. The number of ether oxygens (including phenoxy) is 5. The molecule has 4 aliphatic heterocycles. The molecule has 224 valence electrons. The Morgan fingerprint density at radius 2 is 1.83 bits per heavy atom. The fraction of sp³-hybridized carbons (Fsp3) is 0.688. The number of benzene rings is 1. The third kappa shape index (κ3) is 5.16. The van der Waals surface area contributed by atoms with Crippen molar-refractivity contribution >= 4 is 22.8 Å². The first kappa shape index (κ1) is 28.9. The maximum Gasteiger partial charge on any atom is 0.339 e. The Morgan fingerprint density at radius 3 is 2.54 bits per heavy atom. The van der Waals surface area contributed by atoms with Gasteiger partial charge in [0.2, 0.25) is 6.79 Å². The quantitative estimate of drug-likeness (QED) is 0.415. The van der Waals surface area contributed by atoms with Gasteiger partial charge in [-0.25, -0.2) is 4.79 Å². The first-order valence-electron chi connectivity index (χ1n) is 14.9. The number of esters is 1. The molecule has 0 radical (unpaired) electrons. The Hall–Kier alpha value is -2.23. The molecule has 1 aromatic rings. The van der Waals surface area contributed by atoms with Crippen molar-refractivity contribution < 1.29 is 33.3 Å². The summed E-state index contributed by atoms with van der Waals surface area (Å²) in [4.78, 5) is 30.3. The summed E-state index contributed by atoms with van der Waals surface area (Å²) in [5.41, 5.74) is 0.0752. The minimum absolute atomic E-state index is 0.0207. The Balaban J connectivity index is 1.38. The third-order valence-electron chi connectivity index (χ3n) is 9.25. The Morgan fingerprint density at radius 1 is 1.07 bits per heavy atom. The van der Waals surface area contributed by atoms with Gasteiger partial charge in [-0.15, -0.1) is 0 Å². The summed E-state index contributed by atoms with van der Waals surface area (Å²) in [6, 6.07) is 4.17. The topological polar surface area (TPSA) is 83.5 Å². The summed E-state index contributed by atoms with van der Waals surface area (Å²) >= 11 is 1.25. The van der Waals surface area contributed by atoms with Gasteiger partial charge in [-0.05, 0) is 88.3 Å². The highest BCUT2D eigenvalue weighted by molar-refractivity contribution is 8.14. The average Bonchev–Trinajstić information content (AvgIpc) is 3.55. The van der Waals surface area contributed by atoms with Crippen LogP contribution in [0.3, 0.4) is 0 Å². The van der Waals surface area contributed by atoms with Gasteiger partial charge in [0.25, 0.3) is 0 Å². The number of carbonyl (C=O) groups is 2. The molecule has 0 saturated carbocycles. The molecule has 1 spiro atoms. The van der Waals surface area contributed by atoms with E-state index in [1.807, 2.05) is 34.6 Å². The highest BCUT2D eigenvalue weighted by atomic mass is 32.2. The van der Waals surface area contributed by atoms with E-state index < -0.39 is 23.3 Å². The number of hydrogen-bond acceptors (Lipinski definition) is 9. The second kappa shape index (κ2) is 10.2. The van der Waals surface area contributed by atoms with Crippen molar-refractivity contribution in [3.05, 3.63) is 35.1 Å². The summed E-state index contributed by atoms with van der Waals surface area (Å²) in [6.45, 7) is 12.1. The van der Waals surface area contributed by atoms with Crippen LogP contribution in [0.4, 0.5) is 0 Å². The van der Waals surface area contributed by atoms with Crippen molar-refractivity contribution in [2.24, 2.45) is 0 Å². The lowest BCUT2D eigenvalue weighted by molar-refractivity contribution is -0.213. The zero-order valence-corrected chi connectivity index (χ0v) is 26.0. The van der Waals surface area contributed by atoms with Crippen LogP contribution in [-0.2, 0) is 30.2 Å². The summed E-state index contributed by atoms with van der Waals surface area (Å²) in [5.74, 6) is 1.48. The van der Waals surface area contributed by atoms with E-state index in [2.05, 4.69) is 23.1 Å². The fourth-order valence-corrected chi connectivity index (χ4v) is 8.69. The van der Waals surface area contributed by atoms with Gasteiger partial charge in [0.15, 0.2) is 28.3 Å². The van der Waals surface area contributed by atoms with Gasteiger partial charge in [-0.2, -0.15) is 0 Å². The van der Waals surface area contributed by atoms with Crippen LogP contribution < -0.4 is 9.47 Å². The number of rotatable bonds is 5. The second-order valence-corrected chi connectivity index (χ2v) is 15.6. The molecule has 41 heavy (non-hydrogen) atoms. The summed E-state index contributed by atoms with van der Waals surface area (Å²) in [5, 5.41) is -0.0629. The van der Waals surface area contributed by atoms with Crippen LogP contribution in [0.5, 0.6) is 11.5 Å². The van der Waals surface area contributed by atoms with E-state index in [1.165, 1.54) is 17.3 Å². The van der Waals surface area contributed by atoms with Crippen LogP contribution in [-0.4, -0.2) is 70.6 Å². The van der Waals surface area contributed by atoms with Crippen LogP contribution in [0.15, 0.2) is 24.0 Å². The molecule has 0 amide bonds. The molecule has 6 rings (SSSR count). The standard InChI is InChI=1S/C32H43NO7S/c1-29(2,3)41-25(34)18-32(12-7-10-30(4,5)40-32)28(35)39-27-24(36-6)17-31-11-8-13-33(31)14-9-20-15-22-23(38-19-37-22)16-21(20)26(27)31/h15-17,26-27H,7-14,18-19H2,1-6H3/t26?,27?,31?,32-/m0/s1. The van der Waals surface area contributed by atoms with Crippen molar-refractivity contribution in [2.45, 2.75) is 113 Å². The Kier molecular flexibility index (Phi) is 7.18. The number of fused-ring (bicyclic) bond motifs is 3. The van der Waals surface area contributed by atoms with Gasteiger partial charge in [-0.3, -0.25) is 9.69 Å². The molecule has 1 aliphatic carbocycles. The lowest BCUT2D eigenvalue weighted by atomic mass is 9.77. The predicted octanol–water partition coefficient (Wildman–Crippen LogP) is 5.51.